The fraction of sp³-hybridized carbons (Fsp3) is 0.875. The van der Waals surface area contributed by atoms with Gasteiger partial charge in [0.05, 0.1) is 18.3 Å². The van der Waals surface area contributed by atoms with E-state index in [9.17, 15) is 18.0 Å². The number of rotatable bonds is 5. The van der Waals surface area contributed by atoms with Gasteiger partial charge in [0.25, 0.3) is 0 Å². The van der Waals surface area contributed by atoms with E-state index < -0.39 is 10.0 Å². The summed E-state index contributed by atoms with van der Waals surface area (Å²) >= 11 is 0. The van der Waals surface area contributed by atoms with Crippen molar-refractivity contribution >= 4 is 34.2 Å². The number of sulfonamides is 1. The molecule has 0 aromatic heterocycles. The monoisotopic (exact) mass is 408 g/mol. The molecule has 3 rings (SSSR count). The molecule has 3 fully saturated rings. The van der Waals surface area contributed by atoms with Gasteiger partial charge >= 0.3 is 0 Å². The van der Waals surface area contributed by atoms with Crippen LogP contribution in [0.3, 0.4) is 0 Å². The van der Waals surface area contributed by atoms with Gasteiger partial charge in [-0.05, 0) is 44.6 Å². The largest absolute Gasteiger partial charge is 0.354 e. The maximum Gasteiger partial charge on any atom is 0.237 e. The van der Waals surface area contributed by atoms with E-state index in [2.05, 4.69) is 10.6 Å². The van der Waals surface area contributed by atoms with Crippen LogP contribution in [0.25, 0.3) is 0 Å². The van der Waals surface area contributed by atoms with Gasteiger partial charge in [-0.1, -0.05) is 0 Å². The lowest BCUT2D eigenvalue weighted by molar-refractivity contribution is -0.133. The smallest absolute Gasteiger partial charge is 0.237 e. The molecular formula is C16H29ClN4O4S. The molecule has 26 heavy (non-hydrogen) atoms. The Morgan fingerprint density at radius 1 is 1.12 bits per heavy atom. The van der Waals surface area contributed by atoms with Crippen molar-refractivity contribution in [2.24, 2.45) is 5.92 Å². The molecule has 2 N–H and O–H groups in total. The van der Waals surface area contributed by atoms with Crippen molar-refractivity contribution in [3.8, 4) is 0 Å². The summed E-state index contributed by atoms with van der Waals surface area (Å²) in [6.07, 6.45) is 4.37. The summed E-state index contributed by atoms with van der Waals surface area (Å²) in [7, 11) is -3.24. The lowest BCUT2D eigenvalue weighted by Gasteiger charge is -2.33. The number of halogens is 1. The molecule has 0 bridgehead atoms. The Hall–Kier alpha value is -0.900. The average molecular weight is 409 g/mol. The first kappa shape index (κ1) is 21.4. The van der Waals surface area contributed by atoms with Crippen molar-refractivity contribution in [1.29, 1.82) is 0 Å². The Morgan fingerprint density at radius 2 is 1.92 bits per heavy atom. The molecule has 3 aliphatic heterocycles. The first-order valence-corrected chi connectivity index (χ1v) is 10.8. The number of hydrogen-bond acceptors (Lipinski definition) is 5. The second kappa shape index (κ2) is 9.34. The highest BCUT2D eigenvalue weighted by Crippen LogP contribution is 2.18. The van der Waals surface area contributed by atoms with E-state index in [1.54, 1.807) is 4.90 Å². The van der Waals surface area contributed by atoms with Gasteiger partial charge in [0.15, 0.2) is 0 Å². The Bertz CT molecular complexity index is 609. The first-order chi connectivity index (χ1) is 12.0. The summed E-state index contributed by atoms with van der Waals surface area (Å²) in [4.78, 5) is 26.3. The van der Waals surface area contributed by atoms with Crippen LogP contribution in [-0.2, 0) is 19.6 Å². The molecule has 0 radical (unpaired) electrons. The van der Waals surface area contributed by atoms with Gasteiger partial charge < -0.3 is 15.5 Å². The molecule has 10 heteroatoms. The molecule has 3 saturated heterocycles. The predicted octanol–water partition coefficient (Wildman–Crippen LogP) is -0.449. The topological polar surface area (TPSA) is 98.8 Å². The summed E-state index contributed by atoms with van der Waals surface area (Å²) in [6.45, 7) is 3.11. The highest BCUT2D eigenvalue weighted by molar-refractivity contribution is 7.89. The van der Waals surface area contributed by atoms with Gasteiger partial charge in [-0.3, -0.25) is 9.59 Å². The number of carbonyl (C=O) groups excluding carboxylic acids is 2. The third-order valence-electron chi connectivity index (χ3n) is 5.33. The zero-order valence-electron chi connectivity index (χ0n) is 15.0. The van der Waals surface area contributed by atoms with E-state index >= 15 is 0 Å². The molecular weight excluding hydrogens is 380 g/mol. The van der Waals surface area contributed by atoms with Crippen molar-refractivity contribution in [1.82, 2.24) is 19.8 Å². The van der Waals surface area contributed by atoms with E-state index in [1.165, 1.54) is 4.31 Å². The number of likely N-dealkylation sites (tertiary alicyclic amines) is 1. The van der Waals surface area contributed by atoms with E-state index in [-0.39, 0.29) is 48.5 Å². The van der Waals surface area contributed by atoms with Crippen LogP contribution in [0.4, 0.5) is 0 Å². The van der Waals surface area contributed by atoms with Gasteiger partial charge in [0, 0.05) is 26.2 Å². The number of hydrogen-bond donors (Lipinski definition) is 2. The maximum atomic E-state index is 12.5. The average Bonchev–Trinajstić information content (AvgIpc) is 3.23. The number of nitrogens with one attached hydrogen (secondary N) is 2. The fourth-order valence-electron chi connectivity index (χ4n) is 3.85. The zero-order chi connectivity index (χ0) is 17.9. The number of nitrogens with zero attached hydrogens (tertiary/aromatic N) is 2. The molecule has 3 aliphatic rings. The Kier molecular flexibility index (Phi) is 7.69. The summed E-state index contributed by atoms with van der Waals surface area (Å²) < 4.78 is 25.0. The normalized spacial score (nSPS) is 28.5. The van der Waals surface area contributed by atoms with E-state index in [1.807, 2.05) is 0 Å². The van der Waals surface area contributed by atoms with E-state index in [0.29, 0.717) is 32.6 Å². The van der Waals surface area contributed by atoms with E-state index in [0.717, 1.165) is 32.2 Å². The van der Waals surface area contributed by atoms with Crippen LogP contribution in [0, 0.1) is 5.92 Å². The third kappa shape index (κ3) is 5.31. The second-order valence-electron chi connectivity index (χ2n) is 7.25. The quantitative estimate of drug-likeness (QED) is 0.642. The van der Waals surface area contributed by atoms with Crippen LogP contribution < -0.4 is 10.6 Å². The first-order valence-electron chi connectivity index (χ1n) is 9.22. The SMILES string of the molecule is Cl.O=C(NCC1CCCN(C(=O)CN2CCCS2(=O)=O)C1)C1CCCN1. The van der Waals surface area contributed by atoms with Crippen molar-refractivity contribution in [2.45, 2.75) is 38.1 Å². The zero-order valence-corrected chi connectivity index (χ0v) is 16.6. The standard InChI is InChI=1S/C16H28N4O4S.ClH/c21-15(12-20-8-3-9-25(20,23)24)19-7-2-4-13(11-19)10-18-16(22)14-5-1-6-17-14;/h13-14,17H,1-12H2,(H,18,22);1H. The Morgan fingerprint density at radius 3 is 2.58 bits per heavy atom. The predicted molar refractivity (Wildman–Crippen MR) is 101 cm³/mol. The lowest BCUT2D eigenvalue weighted by Crippen LogP contribution is -2.48. The highest BCUT2D eigenvalue weighted by Gasteiger charge is 2.32. The van der Waals surface area contributed by atoms with Crippen LogP contribution in [0.1, 0.15) is 32.1 Å². The summed E-state index contributed by atoms with van der Waals surface area (Å²) in [5.74, 6) is 0.297. The van der Waals surface area contributed by atoms with Crippen LogP contribution in [0.15, 0.2) is 0 Å². The molecule has 0 aromatic rings. The van der Waals surface area contributed by atoms with Gasteiger partial charge in [-0.2, -0.15) is 4.31 Å². The van der Waals surface area contributed by atoms with Gasteiger partial charge in [-0.25, -0.2) is 8.42 Å². The molecule has 150 valence electrons. The molecule has 0 saturated carbocycles. The number of piperidine rings is 1. The second-order valence-corrected chi connectivity index (χ2v) is 9.33. The van der Waals surface area contributed by atoms with Crippen molar-refractivity contribution in [3.63, 3.8) is 0 Å². The number of carbonyl (C=O) groups is 2. The molecule has 0 aliphatic carbocycles. The fourth-order valence-corrected chi connectivity index (χ4v) is 5.32. The molecule has 2 unspecified atom stereocenters. The van der Waals surface area contributed by atoms with Crippen molar-refractivity contribution in [3.05, 3.63) is 0 Å². The molecule has 8 nitrogen and oxygen atoms in total. The van der Waals surface area contributed by atoms with Crippen LogP contribution in [0.5, 0.6) is 0 Å². The van der Waals surface area contributed by atoms with Crippen LogP contribution >= 0.6 is 12.4 Å². The summed E-state index contributed by atoms with van der Waals surface area (Å²) in [6, 6.07) is -0.0818. The molecule has 2 atom stereocenters. The van der Waals surface area contributed by atoms with Gasteiger partial charge in [0.1, 0.15) is 0 Å². The summed E-state index contributed by atoms with van der Waals surface area (Å²) in [5, 5.41) is 6.17. The minimum Gasteiger partial charge on any atom is -0.354 e. The third-order valence-corrected chi connectivity index (χ3v) is 7.23. The molecule has 2 amide bonds. The van der Waals surface area contributed by atoms with Crippen LogP contribution in [0.2, 0.25) is 0 Å². The molecule has 0 spiro atoms. The van der Waals surface area contributed by atoms with Crippen molar-refractivity contribution < 1.29 is 18.0 Å². The lowest BCUT2D eigenvalue weighted by atomic mass is 9.97. The highest BCUT2D eigenvalue weighted by atomic mass is 35.5. The van der Waals surface area contributed by atoms with Gasteiger partial charge in [-0.15, -0.1) is 12.4 Å². The molecule has 3 heterocycles. The number of amides is 2. The van der Waals surface area contributed by atoms with Crippen molar-refractivity contribution in [2.75, 3.05) is 45.0 Å². The van der Waals surface area contributed by atoms with Crippen LogP contribution in [-0.4, -0.2) is 80.5 Å². The minimum absolute atomic E-state index is 0. The minimum atomic E-state index is -3.24. The Labute approximate surface area is 161 Å². The molecule has 0 aromatic carbocycles. The Balaban J connectivity index is 0.00000243. The summed E-state index contributed by atoms with van der Waals surface area (Å²) in [5.41, 5.74) is 0. The van der Waals surface area contributed by atoms with E-state index in [4.69, 9.17) is 0 Å². The van der Waals surface area contributed by atoms with Gasteiger partial charge in [0.2, 0.25) is 21.8 Å². The maximum absolute atomic E-state index is 12.5.